The zero-order valence-corrected chi connectivity index (χ0v) is 23.2. The third-order valence-electron chi connectivity index (χ3n) is 7.64. The minimum Gasteiger partial charge on any atom is -0.493 e. The van der Waals surface area contributed by atoms with Gasteiger partial charge in [0.25, 0.3) is 5.91 Å². The van der Waals surface area contributed by atoms with Crippen molar-refractivity contribution in [2.45, 2.75) is 45.6 Å². The SMILES string of the molecule is CCCCCCOc1ccc(C2c3c(oc4ccc(C)cc4c3=O)C(=O)N2CCN2CCOCC2)cc1OC. The molecule has 8 heteroatoms. The molecule has 2 aliphatic heterocycles. The van der Waals surface area contributed by atoms with E-state index in [1.54, 1.807) is 18.1 Å². The van der Waals surface area contributed by atoms with E-state index in [-0.39, 0.29) is 17.1 Å². The van der Waals surface area contributed by atoms with Crippen LogP contribution in [-0.2, 0) is 4.74 Å². The average Bonchev–Trinajstić information content (AvgIpc) is 3.24. The van der Waals surface area contributed by atoms with Gasteiger partial charge < -0.3 is 23.5 Å². The zero-order chi connectivity index (χ0) is 27.4. The molecule has 5 rings (SSSR count). The summed E-state index contributed by atoms with van der Waals surface area (Å²) in [5.74, 6) is 1.10. The summed E-state index contributed by atoms with van der Waals surface area (Å²) in [4.78, 5) is 31.7. The highest BCUT2D eigenvalue weighted by Crippen LogP contribution is 2.41. The second-order valence-corrected chi connectivity index (χ2v) is 10.3. The maximum Gasteiger partial charge on any atom is 0.290 e. The van der Waals surface area contributed by atoms with Crippen molar-refractivity contribution in [1.29, 1.82) is 0 Å². The van der Waals surface area contributed by atoms with E-state index in [0.717, 1.165) is 37.1 Å². The van der Waals surface area contributed by atoms with Crippen molar-refractivity contribution in [3.8, 4) is 11.5 Å². The van der Waals surface area contributed by atoms with Crippen LogP contribution in [-0.4, -0.2) is 68.8 Å². The number of benzene rings is 2. The van der Waals surface area contributed by atoms with Gasteiger partial charge >= 0.3 is 0 Å². The number of fused-ring (bicyclic) bond motifs is 2. The Hall–Kier alpha value is -3.36. The molecular formula is C31H38N2O6. The van der Waals surface area contributed by atoms with Crippen LogP contribution < -0.4 is 14.9 Å². The number of nitrogens with zero attached hydrogens (tertiary/aromatic N) is 2. The lowest BCUT2D eigenvalue weighted by Crippen LogP contribution is -2.42. The van der Waals surface area contributed by atoms with Crippen molar-refractivity contribution < 1.29 is 23.4 Å². The Morgan fingerprint density at radius 2 is 1.79 bits per heavy atom. The van der Waals surface area contributed by atoms with Crippen molar-refractivity contribution in [3.05, 3.63) is 69.1 Å². The summed E-state index contributed by atoms with van der Waals surface area (Å²) >= 11 is 0. The van der Waals surface area contributed by atoms with Crippen LogP contribution in [0.1, 0.15) is 65.9 Å². The largest absolute Gasteiger partial charge is 0.493 e. The molecule has 1 aromatic heterocycles. The second-order valence-electron chi connectivity index (χ2n) is 10.3. The summed E-state index contributed by atoms with van der Waals surface area (Å²) < 4.78 is 23.3. The van der Waals surface area contributed by atoms with Crippen LogP contribution >= 0.6 is 0 Å². The van der Waals surface area contributed by atoms with Gasteiger partial charge in [-0.3, -0.25) is 14.5 Å². The first-order chi connectivity index (χ1) is 19.0. The van der Waals surface area contributed by atoms with Gasteiger partial charge in [0, 0.05) is 26.2 Å². The molecule has 39 heavy (non-hydrogen) atoms. The van der Waals surface area contributed by atoms with Crippen LogP contribution in [0, 0.1) is 6.92 Å². The lowest BCUT2D eigenvalue weighted by atomic mass is 9.97. The van der Waals surface area contributed by atoms with Gasteiger partial charge in [-0.15, -0.1) is 0 Å². The van der Waals surface area contributed by atoms with E-state index in [1.807, 2.05) is 37.3 Å². The molecule has 2 aromatic carbocycles. The highest BCUT2D eigenvalue weighted by molar-refractivity contribution is 5.99. The van der Waals surface area contributed by atoms with E-state index in [0.29, 0.717) is 60.9 Å². The van der Waals surface area contributed by atoms with Crippen LogP contribution in [0.2, 0.25) is 0 Å². The van der Waals surface area contributed by atoms with Crippen molar-refractivity contribution in [1.82, 2.24) is 9.80 Å². The molecule has 0 radical (unpaired) electrons. The van der Waals surface area contributed by atoms with E-state index < -0.39 is 6.04 Å². The van der Waals surface area contributed by atoms with E-state index in [9.17, 15) is 9.59 Å². The van der Waals surface area contributed by atoms with Gasteiger partial charge in [0.2, 0.25) is 5.76 Å². The van der Waals surface area contributed by atoms with Gasteiger partial charge in [-0.05, 0) is 43.2 Å². The normalized spacial score (nSPS) is 17.6. The van der Waals surface area contributed by atoms with E-state index in [1.165, 1.54) is 12.8 Å². The minimum atomic E-state index is -0.581. The average molecular weight is 535 g/mol. The third-order valence-corrected chi connectivity index (χ3v) is 7.64. The maximum absolute atomic E-state index is 13.9. The van der Waals surface area contributed by atoms with Gasteiger partial charge in [0.15, 0.2) is 16.9 Å². The Morgan fingerprint density at radius 3 is 2.56 bits per heavy atom. The summed E-state index contributed by atoms with van der Waals surface area (Å²) in [7, 11) is 1.61. The van der Waals surface area contributed by atoms with Crippen LogP contribution in [0.25, 0.3) is 11.0 Å². The molecule has 0 saturated carbocycles. The number of carbonyl (C=O) groups excluding carboxylic acids is 1. The van der Waals surface area contributed by atoms with Crippen LogP contribution in [0.4, 0.5) is 0 Å². The number of ether oxygens (including phenoxy) is 3. The zero-order valence-electron chi connectivity index (χ0n) is 23.2. The molecule has 0 spiro atoms. The molecule has 3 aromatic rings. The predicted octanol–water partition coefficient (Wildman–Crippen LogP) is 4.95. The van der Waals surface area contributed by atoms with Gasteiger partial charge in [-0.25, -0.2) is 0 Å². The van der Waals surface area contributed by atoms with Crippen molar-refractivity contribution in [2.24, 2.45) is 0 Å². The number of morpholine rings is 1. The number of aryl methyl sites for hydroxylation is 1. The smallest absolute Gasteiger partial charge is 0.290 e. The first-order valence-electron chi connectivity index (χ1n) is 14.0. The molecular weight excluding hydrogens is 496 g/mol. The number of rotatable bonds is 11. The fourth-order valence-corrected chi connectivity index (χ4v) is 5.47. The van der Waals surface area contributed by atoms with Gasteiger partial charge in [-0.2, -0.15) is 0 Å². The number of unbranched alkanes of at least 4 members (excludes halogenated alkanes) is 3. The molecule has 1 unspecified atom stereocenters. The maximum atomic E-state index is 13.9. The van der Waals surface area contributed by atoms with E-state index in [2.05, 4.69) is 11.8 Å². The molecule has 0 N–H and O–H groups in total. The highest BCUT2D eigenvalue weighted by Gasteiger charge is 2.43. The Kier molecular flexibility index (Phi) is 8.53. The van der Waals surface area contributed by atoms with Crippen molar-refractivity contribution in [2.75, 3.05) is 53.1 Å². The van der Waals surface area contributed by atoms with E-state index >= 15 is 0 Å². The Labute approximate surface area is 229 Å². The molecule has 8 nitrogen and oxygen atoms in total. The first-order valence-corrected chi connectivity index (χ1v) is 14.0. The Bertz CT molecular complexity index is 1380. The molecule has 1 amide bonds. The van der Waals surface area contributed by atoms with Crippen LogP contribution in [0.3, 0.4) is 0 Å². The molecule has 1 fully saturated rings. The molecule has 3 heterocycles. The van der Waals surface area contributed by atoms with Crippen molar-refractivity contribution in [3.63, 3.8) is 0 Å². The second kappa shape index (κ2) is 12.2. The lowest BCUT2D eigenvalue weighted by Gasteiger charge is -2.31. The molecule has 1 saturated heterocycles. The third kappa shape index (κ3) is 5.68. The first kappa shape index (κ1) is 27.2. The monoisotopic (exact) mass is 534 g/mol. The molecule has 2 aliphatic rings. The number of methoxy groups -OCH3 is 1. The number of carbonyl (C=O) groups is 1. The Morgan fingerprint density at radius 1 is 0.974 bits per heavy atom. The minimum absolute atomic E-state index is 0.124. The van der Waals surface area contributed by atoms with Gasteiger partial charge in [0.1, 0.15) is 5.58 Å². The molecule has 0 bridgehead atoms. The van der Waals surface area contributed by atoms with Crippen LogP contribution in [0.15, 0.2) is 45.6 Å². The van der Waals surface area contributed by atoms with Crippen LogP contribution in [0.5, 0.6) is 11.5 Å². The summed E-state index contributed by atoms with van der Waals surface area (Å²) in [6.45, 7) is 8.87. The highest BCUT2D eigenvalue weighted by atomic mass is 16.5. The summed E-state index contributed by atoms with van der Waals surface area (Å²) in [5, 5.41) is 0.487. The summed E-state index contributed by atoms with van der Waals surface area (Å²) in [6.07, 6.45) is 4.46. The van der Waals surface area contributed by atoms with Gasteiger partial charge in [-0.1, -0.05) is 43.9 Å². The topological polar surface area (TPSA) is 81.5 Å². The lowest BCUT2D eigenvalue weighted by molar-refractivity contribution is 0.0314. The number of hydrogen-bond donors (Lipinski definition) is 0. The van der Waals surface area contributed by atoms with Gasteiger partial charge in [0.05, 0.1) is 43.9 Å². The predicted molar refractivity (Wildman–Crippen MR) is 150 cm³/mol. The Balaban J connectivity index is 1.51. The fourth-order valence-electron chi connectivity index (χ4n) is 5.47. The van der Waals surface area contributed by atoms with Crippen molar-refractivity contribution >= 4 is 16.9 Å². The molecule has 1 atom stereocenters. The summed E-state index contributed by atoms with van der Waals surface area (Å²) in [6, 6.07) is 10.6. The quantitative estimate of drug-likeness (QED) is 0.322. The van der Waals surface area contributed by atoms with E-state index in [4.69, 9.17) is 18.6 Å². The number of hydrogen-bond acceptors (Lipinski definition) is 7. The molecule has 208 valence electrons. The molecule has 0 aliphatic carbocycles. The summed E-state index contributed by atoms with van der Waals surface area (Å²) in [5.41, 5.74) is 2.39. The number of amides is 1. The standard InChI is InChI=1S/C31H38N2O6/c1-4-5-6-7-16-38-25-11-9-22(20-26(25)36-3)28-27-29(34)23-19-21(2)8-10-24(23)39-30(27)31(35)33(28)13-12-32-14-17-37-18-15-32/h8-11,19-20,28H,4-7,12-18H2,1-3H3. The fraction of sp³-hybridized carbons (Fsp3) is 0.484.